The van der Waals surface area contributed by atoms with Crippen LogP contribution in [0.25, 0.3) is 0 Å². The van der Waals surface area contributed by atoms with E-state index in [4.69, 9.17) is 0 Å². The molecule has 0 unspecified atom stereocenters. The summed E-state index contributed by atoms with van der Waals surface area (Å²) in [5, 5.41) is 2.80. The second-order valence-electron chi connectivity index (χ2n) is 3.12. The molecule has 0 saturated carbocycles. The Morgan fingerprint density at radius 1 is 1.67 bits per heavy atom. The van der Waals surface area contributed by atoms with Crippen molar-refractivity contribution < 1.29 is 4.79 Å². The molecule has 50 valence electrons. The molecule has 1 aliphatic rings. The summed E-state index contributed by atoms with van der Waals surface area (Å²) in [6.07, 6.45) is 0.770. The topological polar surface area (TPSA) is 29.1 Å². The molecule has 0 atom stereocenters. The highest BCUT2D eigenvalue weighted by Gasteiger charge is 2.30. The zero-order valence-electron chi connectivity index (χ0n) is 5.82. The minimum absolute atomic E-state index is 0.000000000000000222. The second-order valence-corrected chi connectivity index (χ2v) is 3.12. The van der Waals surface area contributed by atoms with Gasteiger partial charge in [0.05, 0.1) is 0 Å². The molecular formula is C7H11NO. The molecule has 0 bridgehead atoms. The molecule has 0 aromatic heterocycles. The monoisotopic (exact) mass is 125 g/mol. The van der Waals surface area contributed by atoms with Crippen LogP contribution in [0.15, 0.2) is 12.2 Å². The van der Waals surface area contributed by atoms with Crippen molar-refractivity contribution in [3.05, 3.63) is 12.2 Å². The van der Waals surface area contributed by atoms with Crippen LogP contribution in [-0.4, -0.2) is 11.4 Å². The van der Waals surface area contributed by atoms with Gasteiger partial charge in [-0.2, -0.15) is 0 Å². The molecule has 0 spiro atoms. The molecule has 2 heteroatoms. The number of hydrogen-bond acceptors (Lipinski definition) is 1. The first-order valence-electron chi connectivity index (χ1n) is 3.01. The van der Waals surface area contributed by atoms with Gasteiger partial charge in [0.15, 0.2) is 0 Å². The summed E-state index contributed by atoms with van der Waals surface area (Å²) in [5.41, 5.74) is 0.633. The predicted molar refractivity (Wildman–Crippen MR) is 36.0 cm³/mol. The van der Waals surface area contributed by atoms with Gasteiger partial charge in [0.1, 0.15) is 0 Å². The maximum atomic E-state index is 10.8. The fraction of sp³-hybridized carbons (Fsp3) is 0.571. The molecule has 0 aliphatic carbocycles. The van der Waals surface area contributed by atoms with E-state index in [9.17, 15) is 4.79 Å². The lowest BCUT2D eigenvalue weighted by molar-refractivity contribution is -0.116. The molecule has 1 fully saturated rings. The molecule has 0 radical (unpaired) electrons. The van der Waals surface area contributed by atoms with Gasteiger partial charge in [0.25, 0.3) is 0 Å². The third-order valence-electron chi connectivity index (χ3n) is 1.43. The Kier molecular flexibility index (Phi) is 1.12. The van der Waals surface area contributed by atoms with E-state index in [2.05, 4.69) is 11.9 Å². The third-order valence-corrected chi connectivity index (χ3v) is 1.43. The van der Waals surface area contributed by atoms with Crippen LogP contribution >= 0.6 is 0 Å². The molecule has 9 heavy (non-hydrogen) atoms. The van der Waals surface area contributed by atoms with Gasteiger partial charge in [0.2, 0.25) is 5.91 Å². The van der Waals surface area contributed by atoms with Crippen LogP contribution in [0.5, 0.6) is 0 Å². The summed E-state index contributed by atoms with van der Waals surface area (Å²) in [6, 6.07) is 0. The summed E-state index contributed by atoms with van der Waals surface area (Å²) < 4.78 is 0. The van der Waals surface area contributed by atoms with Crippen molar-refractivity contribution >= 4 is 5.91 Å². The van der Waals surface area contributed by atoms with Crippen molar-refractivity contribution in [1.82, 2.24) is 5.32 Å². The van der Waals surface area contributed by atoms with Crippen LogP contribution in [0, 0.1) is 0 Å². The normalized spacial score (nSPS) is 24.2. The molecule has 1 heterocycles. The van der Waals surface area contributed by atoms with Crippen LogP contribution in [0.2, 0.25) is 0 Å². The Labute approximate surface area is 54.9 Å². The maximum absolute atomic E-state index is 10.8. The summed E-state index contributed by atoms with van der Waals surface area (Å²) in [6.45, 7) is 7.60. The molecular weight excluding hydrogens is 114 g/mol. The first-order valence-corrected chi connectivity index (χ1v) is 3.01. The number of amides is 1. The van der Waals surface area contributed by atoms with Gasteiger partial charge in [0, 0.05) is 11.1 Å². The van der Waals surface area contributed by atoms with Crippen LogP contribution in [0.3, 0.4) is 0 Å². The summed E-state index contributed by atoms with van der Waals surface area (Å²) in [7, 11) is 0. The maximum Gasteiger partial charge on any atom is 0.247 e. The molecule has 1 rings (SSSR count). The van der Waals surface area contributed by atoms with Gasteiger partial charge in [-0.1, -0.05) is 6.58 Å². The SMILES string of the molecule is C=C1CC(C)(C)NC1=O. The molecule has 1 saturated heterocycles. The average molecular weight is 125 g/mol. The average Bonchev–Trinajstić information content (AvgIpc) is 1.79. The van der Waals surface area contributed by atoms with Crippen molar-refractivity contribution in [2.45, 2.75) is 25.8 Å². The minimum Gasteiger partial charge on any atom is -0.347 e. The fourth-order valence-electron chi connectivity index (χ4n) is 1.05. The highest BCUT2D eigenvalue weighted by atomic mass is 16.2. The molecule has 0 aromatic rings. The van der Waals surface area contributed by atoms with Crippen LogP contribution < -0.4 is 5.32 Å². The Bertz CT molecular complexity index is 152. The number of carbonyl (C=O) groups excluding carboxylic acids is 1. The van der Waals surface area contributed by atoms with E-state index in [0.29, 0.717) is 5.57 Å². The highest BCUT2D eigenvalue weighted by Crippen LogP contribution is 2.21. The smallest absolute Gasteiger partial charge is 0.247 e. The van der Waals surface area contributed by atoms with Gasteiger partial charge < -0.3 is 5.32 Å². The Morgan fingerprint density at radius 3 is 2.33 bits per heavy atom. The molecule has 1 amide bonds. The van der Waals surface area contributed by atoms with Gasteiger partial charge in [-0.05, 0) is 20.3 Å². The number of rotatable bonds is 0. The lowest BCUT2D eigenvalue weighted by Gasteiger charge is -2.14. The zero-order valence-corrected chi connectivity index (χ0v) is 5.82. The number of hydrogen-bond donors (Lipinski definition) is 1. The van der Waals surface area contributed by atoms with Crippen LogP contribution in [-0.2, 0) is 4.79 Å². The molecule has 1 N–H and O–H groups in total. The van der Waals surface area contributed by atoms with E-state index in [-0.39, 0.29) is 11.4 Å². The first kappa shape index (κ1) is 6.33. The van der Waals surface area contributed by atoms with Crippen LogP contribution in [0.1, 0.15) is 20.3 Å². The number of carbonyl (C=O) groups is 1. The van der Waals surface area contributed by atoms with Crippen molar-refractivity contribution in [3.63, 3.8) is 0 Å². The Hall–Kier alpha value is -0.790. The van der Waals surface area contributed by atoms with Gasteiger partial charge >= 0.3 is 0 Å². The quantitative estimate of drug-likeness (QED) is 0.477. The summed E-state index contributed by atoms with van der Waals surface area (Å²) in [4.78, 5) is 10.8. The lowest BCUT2D eigenvalue weighted by atomic mass is 10.0. The second kappa shape index (κ2) is 1.59. The summed E-state index contributed by atoms with van der Waals surface area (Å²) >= 11 is 0. The zero-order chi connectivity index (χ0) is 7.07. The minimum atomic E-state index is -0.0613. The van der Waals surface area contributed by atoms with E-state index >= 15 is 0 Å². The fourth-order valence-corrected chi connectivity index (χ4v) is 1.05. The lowest BCUT2D eigenvalue weighted by Crippen LogP contribution is -2.34. The first-order chi connectivity index (χ1) is 4.01. The van der Waals surface area contributed by atoms with E-state index in [1.807, 2.05) is 13.8 Å². The molecule has 0 aromatic carbocycles. The molecule has 2 nitrogen and oxygen atoms in total. The van der Waals surface area contributed by atoms with Crippen molar-refractivity contribution in [1.29, 1.82) is 0 Å². The van der Waals surface area contributed by atoms with Crippen molar-refractivity contribution in [3.8, 4) is 0 Å². The van der Waals surface area contributed by atoms with E-state index in [1.54, 1.807) is 0 Å². The number of nitrogens with one attached hydrogen (secondary N) is 1. The highest BCUT2D eigenvalue weighted by molar-refractivity contribution is 5.96. The summed E-state index contributed by atoms with van der Waals surface area (Å²) in [5.74, 6) is 0.000000000000000222. The van der Waals surface area contributed by atoms with E-state index < -0.39 is 0 Å². The van der Waals surface area contributed by atoms with E-state index in [0.717, 1.165) is 6.42 Å². The Balaban J connectivity index is 2.76. The standard InChI is InChI=1S/C7H11NO/c1-5-4-7(2,3)8-6(5)9/h1,4H2,2-3H3,(H,8,9). The van der Waals surface area contributed by atoms with E-state index in [1.165, 1.54) is 0 Å². The van der Waals surface area contributed by atoms with Gasteiger partial charge in [-0.3, -0.25) is 4.79 Å². The van der Waals surface area contributed by atoms with Crippen molar-refractivity contribution in [2.75, 3.05) is 0 Å². The van der Waals surface area contributed by atoms with Crippen molar-refractivity contribution in [2.24, 2.45) is 0 Å². The van der Waals surface area contributed by atoms with Crippen LogP contribution in [0.4, 0.5) is 0 Å². The van der Waals surface area contributed by atoms with Gasteiger partial charge in [-0.25, -0.2) is 0 Å². The Morgan fingerprint density at radius 2 is 2.22 bits per heavy atom. The third kappa shape index (κ3) is 1.12. The predicted octanol–water partition coefficient (Wildman–Crippen LogP) is 0.841. The largest absolute Gasteiger partial charge is 0.347 e. The van der Waals surface area contributed by atoms with Gasteiger partial charge in [-0.15, -0.1) is 0 Å². The molecule has 1 aliphatic heterocycles.